The van der Waals surface area contributed by atoms with Crippen molar-refractivity contribution >= 4 is 46.8 Å². The minimum Gasteiger partial charge on any atom is -0.381 e. The summed E-state index contributed by atoms with van der Waals surface area (Å²) in [6, 6.07) is 20.8. The van der Waals surface area contributed by atoms with Gasteiger partial charge in [-0.05, 0) is 110 Å². The van der Waals surface area contributed by atoms with E-state index < -0.39 is 41.0 Å². The Hall–Kier alpha value is -6.60. The predicted molar refractivity (Wildman–Crippen MR) is 259 cm³/mol. The van der Waals surface area contributed by atoms with E-state index in [0.717, 1.165) is 29.3 Å². The van der Waals surface area contributed by atoms with Crippen LogP contribution in [0.25, 0.3) is 0 Å². The van der Waals surface area contributed by atoms with E-state index in [1.807, 2.05) is 24.3 Å². The van der Waals surface area contributed by atoms with Gasteiger partial charge in [0.05, 0.1) is 24.2 Å². The fraction of sp³-hybridized carbons (Fsp3) is 0.423. The summed E-state index contributed by atoms with van der Waals surface area (Å²) in [7, 11) is 1.63. The number of piperazine rings is 1. The smallest absolute Gasteiger partial charge is 0.251 e. The zero-order valence-corrected chi connectivity index (χ0v) is 39.7. The third-order valence-corrected chi connectivity index (χ3v) is 13.7. The van der Waals surface area contributed by atoms with Gasteiger partial charge in [-0.1, -0.05) is 48.5 Å². The minimum atomic E-state index is -1.16. The van der Waals surface area contributed by atoms with E-state index in [9.17, 15) is 33.2 Å². The second kappa shape index (κ2) is 22.0. The van der Waals surface area contributed by atoms with E-state index in [4.69, 9.17) is 4.74 Å². The molecule has 2 unspecified atom stereocenters. The number of halogens is 2. The number of nitrogens with one attached hydrogen (secondary N) is 6. The van der Waals surface area contributed by atoms with Gasteiger partial charge in [-0.2, -0.15) is 0 Å². The zero-order chi connectivity index (χ0) is 49.5. The van der Waals surface area contributed by atoms with Gasteiger partial charge in [-0.3, -0.25) is 33.7 Å². The summed E-state index contributed by atoms with van der Waals surface area (Å²) < 4.78 is 34.7. The highest BCUT2D eigenvalue weighted by molar-refractivity contribution is 6.04. The van der Waals surface area contributed by atoms with Crippen LogP contribution < -0.4 is 36.8 Å². The molecule has 0 radical (unpaired) electrons. The monoisotopic (exact) mass is 961 g/mol. The van der Waals surface area contributed by atoms with Gasteiger partial charge >= 0.3 is 0 Å². The molecule has 4 heterocycles. The van der Waals surface area contributed by atoms with Crippen LogP contribution in [0.5, 0.6) is 0 Å². The van der Waals surface area contributed by atoms with Crippen LogP contribution in [0.4, 0.5) is 20.2 Å². The first-order valence-electron chi connectivity index (χ1n) is 23.9. The van der Waals surface area contributed by atoms with Gasteiger partial charge < -0.3 is 46.4 Å². The molecule has 370 valence electrons. The highest BCUT2D eigenvalue weighted by Crippen LogP contribution is 2.42. The molecular formula is C52H61F2N9O7. The van der Waals surface area contributed by atoms with Crippen LogP contribution in [0.1, 0.15) is 70.9 Å². The Morgan fingerprint density at radius 3 is 2.40 bits per heavy atom. The van der Waals surface area contributed by atoms with E-state index in [2.05, 4.69) is 43.7 Å². The van der Waals surface area contributed by atoms with Crippen molar-refractivity contribution in [3.63, 3.8) is 0 Å². The average molecular weight is 962 g/mol. The number of ether oxygens (including phenoxy) is 1. The van der Waals surface area contributed by atoms with Crippen molar-refractivity contribution in [3.05, 3.63) is 130 Å². The van der Waals surface area contributed by atoms with Gasteiger partial charge in [0.15, 0.2) is 0 Å². The summed E-state index contributed by atoms with van der Waals surface area (Å²) in [5.74, 6) is -3.94. The molecular weight excluding hydrogens is 901 g/mol. The molecule has 4 aliphatic heterocycles. The minimum absolute atomic E-state index is 0.00207. The largest absolute Gasteiger partial charge is 0.381 e. The molecule has 18 heteroatoms. The Kier molecular flexibility index (Phi) is 15.7. The molecule has 6 N–H and O–H groups in total. The van der Waals surface area contributed by atoms with E-state index in [-0.39, 0.29) is 86.0 Å². The van der Waals surface area contributed by atoms with Gasteiger partial charge in [0.1, 0.15) is 23.7 Å². The lowest BCUT2D eigenvalue weighted by molar-refractivity contribution is -0.144. The van der Waals surface area contributed by atoms with Gasteiger partial charge in [-0.15, -0.1) is 0 Å². The van der Waals surface area contributed by atoms with Crippen molar-refractivity contribution in [2.24, 2.45) is 5.92 Å². The Labute approximate surface area is 406 Å². The van der Waals surface area contributed by atoms with Crippen LogP contribution in [-0.4, -0.2) is 130 Å². The molecule has 0 bridgehead atoms. The Morgan fingerprint density at radius 2 is 1.64 bits per heavy atom. The van der Waals surface area contributed by atoms with Crippen LogP contribution in [-0.2, 0) is 47.1 Å². The summed E-state index contributed by atoms with van der Waals surface area (Å²) in [5, 5.41) is 17.4. The third-order valence-electron chi connectivity index (χ3n) is 13.7. The van der Waals surface area contributed by atoms with Crippen molar-refractivity contribution in [3.8, 4) is 0 Å². The SMILES string of the molecule is CNCC(=O)NC(C(=O)N1Cc2ccccc2[C@H]1C(=O)Nc1cc(C(=O)NCCNC(=O)C2(C)CN(C(=O)CN3CCN[C@H](C)C3)c3cc(Cc4ccc(F)cc4)ccc32)ccc1F)C1CCOCC1. The van der Waals surface area contributed by atoms with Crippen molar-refractivity contribution in [1.82, 2.24) is 36.4 Å². The molecule has 4 aromatic carbocycles. The van der Waals surface area contributed by atoms with Gasteiger partial charge in [0.2, 0.25) is 23.6 Å². The molecule has 0 aromatic heterocycles. The number of fused-ring (bicyclic) bond motifs is 2. The summed E-state index contributed by atoms with van der Waals surface area (Å²) in [5.41, 5.74) is 3.05. The number of carbonyl (C=O) groups is 6. The molecule has 6 amide bonds. The quantitative estimate of drug-likeness (QED) is 0.0910. The number of rotatable bonds is 16. The van der Waals surface area contributed by atoms with Gasteiger partial charge in [-0.25, -0.2) is 8.78 Å². The summed E-state index contributed by atoms with van der Waals surface area (Å²) in [4.78, 5) is 88.3. The Balaban J connectivity index is 0.920. The number of hydrogen-bond acceptors (Lipinski definition) is 10. The van der Waals surface area contributed by atoms with Gasteiger partial charge in [0, 0.05) is 76.3 Å². The number of likely N-dealkylation sites (N-methyl/N-ethyl adjacent to an activating group) is 1. The third kappa shape index (κ3) is 11.2. The first kappa shape index (κ1) is 49.8. The van der Waals surface area contributed by atoms with E-state index in [0.29, 0.717) is 62.4 Å². The van der Waals surface area contributed by atoms with Crippen molar-refractivity contribution in [1.29, 1.82) is 0 Å². The number of benzene rings is 4. The standard InChI is InChI=1S/C52H61F2N9O7/c1-32-28-61(21-20-56-32)30-45(65)63-31-52(2,40-14-10-34(25-43(40)63)24-33-8-12-38(53)13-9-33)51(69)58-19-18-57-48(66)36-11-15-41(54)42(26-36)59-49(67)47-39-7-5-4-6-37(39)29-62(47)50(68)46(60-44(64)27-55-3)35-16-22-70-23-17-35/h4-15,25-26,32,35,46-47,55-56H,16-24,27-31H2,1-3H3,(H,57,66)(H,58,69)(H,59,67)(H,60,64)/t32-,46?,47+,52?/m1/s1. The number of amides is 6. The highest BCUT2D eigenvalue weighted by Gasteiger charge is 2.47. The van der Waals surface area contributed by atoms with E-state index in [1.54, 1.807) is 49.2 Å². The number of anilines is 2. The van der Waals surface area contributed by atoms with Crippen LogP contribution in [0, 0.1) is 17.6 Å². The lowest BCUT2D eigenvalue weighted by atomic mass is 9.83. The van der Waals surface area contributed by atoms with Gasteiger partial charge in [0.25, 0.3) is 11.8 Å². The van der Waals surface area contributed by atoms with E-state index in [1.165, 1.54) is 29.2 Å². The highest BCUT2D eigenvalue weighted by atomic mass is 19.1. The van der Waals surface area contributed by atoms with Crippen molar-refractivity contribution < 1.29 is 42.3 Å². The molecule has 0 aliphatic carbocycles. The second-order valence-electron chi connectivity index (χ2n) is 18.8. The molecule has 4 aromatic rings. The van der Waals surface area contributed by atoms with Crippen LogP contribution in [0.3, 0.4) is 0 Å². The van der Waals surface area contributed by atoms with Crippen LogP contribution in [0.15, 0.2) is 84.9 Å². The summed E-state index contributed by atoms with van der Waals surface area (Å²) >= 11 is 0. The molecule has 4 atom stereocenters. The number of hydrogen-bond donors (Lipinski definition) is 6. The predicted octanol–water partition coefficient (Wildman–Crippen LogP) is 3.15. The molecule has 4 aliphatic rings. The topological polar surface area (TPSA) is 194 Å². The Morgan fingerprint density at radius 1 is 0.900 bits per heavy atom. The average Bonchev–Trinajstić information content (AvgIpc) is 3.89. The van der Waals surface area contributed by atoms with Crippen LogP contribution >= 0.6 is 0 Å². The van der Waals surface area contributed by atoms with Crippen LogP contribution in [0.2, 0.25) is 0 Å². The maximum atomic E-state index is 15.5. The second-order valence-corrected chi connectivity index (χ2v) is 18.8. The molecule has 2 saturated heterocycles. The van der Waals surface area contributed by atoms with E-state index >= 15 is 4.39 Å². The van der Waals surface area contributed by atoms with Crippen molar-refractivity contribution in [2.45, 2.75) is 63.2 Å². The zero-order valence-electron chi connectivity index (χ0n) is 39.7. The molecule has 0 spiro atoms. The maximum absolute atomic E-state index is 15.5. The van der Waals surface area contributed by atoms with Crippen molar-refractivity contribution in [2.75, 3.05) is 82.8 Å². The Bertz CT molecular complexity index is 2610. The number of nitrogens with zero attached hydrogens (tertiary/aromatic N) is 3. The summed E-state index contributed by atoms with van der Waals surface area (Å²) in [6.45, 7) is 7.32. The molecule has 70 heavy (non-hydrogen) atoms. The summed E-state index contributed by atoms with van der Waals surface area (Å²) in [6.07, 6.45) is 1.57. The lowest BCUT2D eigenvalue weighted by Crippen LogP contribution is -2.55. The lowest BCUT2D eigenvalue weighted by Gasteiger charge is -2.34. The fourth-order valence-corrected chi connectivity index (χ4v) is 10.0. The molecule has 2 fully saturated rings. The fourth-order valence-electron chi connectivity index (χ4n) is 10.0. The normalized spacial score (nSPS) is 20.5. The molecule has 16 nitrogen and oxygen atoms in total. The first-order valence-corrected chi connectivity index (χ1v) is 23.9. The molecule has 8 rings (SSSR count). The maximum Gasteiger partial charge on any atom is 0.251 e. The first-order chi connectivity index (χ1) is 33.7. The number of carbonyl (C=O) groups excluding carboxylic acids is 6. The molecule has 0 saturated carbocycles.